The van der Waals surface area contributed by atoms with Crippen LogP contribution in [0.2, 0.25) is 0 Å². The molecule has 0 saturated carbocycles. The van der Waals surface area contributed by atoms with Crippen molar-refractivity contribution in [3.8, 4) is 0 Å². The van der Waals surface area contributed by atoms with Gasteiger partial charge in [-0.25, -0.2) is 24.3 Å². The van der Waals surface area contributed by atoms with Gasteiger partial charge < -0.3 is 14.9 Å². The predicted molar refractivity (Wildman–Crippen MR) is 157 cm³/mol. The Morgan fingerprint density at radius 3 is 2.29 bits per heavy atom. The van der Waals surface area contributed by atoms with Crippen LogP contribution in [0.3, 0.4) is 0 Å². The second-order valence-electron chi connectivity index (χ2n) is 10.7. The van der Waals surface area contributed by atoms with Crippen LogP contribution < -0.4 is 0 Å². The minimum atomic E-state index is -0.937. The van der Waals surface area contributed by atoms with Crippen LogP contribution in [0.15, 0.2) is 76.7 Å². The maximum Gasteiger partial charge on any atom is 0.335 e. The maximum absolute atomic E-state index is 13.5. The number of hydrogen-bond acceptors (Lipinski definition) is 6. The first-order valence-electron chi connectivity index (χ1n) is 13.8. The van der Waals surface area contributed by atoms with Crippen LogP contribution in [0.4, 0.5) is 9.59 Å². The van der Waals surface area contributed by atoms with Gasteiger partial charge in [-0.1, -0.05) is 48.2 Å². The van der Waals surface area contributed by atoms with Crippen molar-refractivity contribution in [1.82, 2.24) is 24.6 Å². The molecule has 2 aliphatic rings. The Kier molecular flexibility index (Phi) is 8.60. The molecule has 214 valence electrons. The highest BCUT2D eigenvalue weighted by Crippen LogP contribution is 2.35. The second kappa shape index (κ2) is 12.3. The summed E-state index contributed by atoms with van der Waals surface area (Å²) in [6, 6.07) is 20.3. The summed E-state index contributed by atoms with van der Waals surface area (Å²) in [5.41, 5.74) is 3.45. The quantitative estimate of drug-likeness (QED) is 0.406. The maximum atomic E-state index is 13.5. The molecular weight excluding hydrogens is 538 g/mol. The number of hydrogen-bond donors (Lipinski definition) is 1. The van der Waals surface area contributed by atoms with Crippen molar-refractivity contribution in [3.63, 3.8) is 0 Å². The van der Waals surface area contributed by atoms with Crippen molar-refractivity contribution in [3.05, 3.63) is 89.1 Å². The number of imide groups is 1. The largest absolute Gasteiger partial charge is 0.478 e. The highest BCUT2D eigenvalue weighted by molar-refractivity contribution is 7.99. The molecule has 1 atom stereocenters. The van der Waals surface area contributed by atoms with Crippen LogP contribution in [0, 0.1) is 6.92 Å². The molecule has 1 aromatic heterocycles. The lowest BCUT2D eigenvalue weighted by Gasteiger charge is -2.39. The van der Waals surface area contributed by atoms with Gasteiger partial charge in [0.25, 0.3) is 0 Å². The number of urea groups is 2. The number of aryl methyl sites for hydroxylation is 1. The van der Waals surface area contributed by atoms with Gasteiger partial charge in [0.1, 0.15) is 5.03 Å². The average molecular weight is 574 g/mol. The molecule has 2 aliphatic heterocycles. The molecule has 2 saturated heterocycles. The minimum absolute atomic E-state index is 0.0643. The Balaban J connectivity index is 1.22. The van der Waals surface area contributed by atoms with Crippen molar-refractivity contribution < 1.29 is 19.5 Å². The zero-order valence-corrected chi connectivity index (χ0v) is 24.4. The smallest absolute Gasteiger partial charge is 0.335 e. The van der Waals surface area contributed by atoms with E-state index in [1.165, 1.54) is 21.6 Å². The Bertz CT molecular complexity index is 1410. The average Bonchev–Trinajstić information content (AvgIpc) is 3.32. The van der Waals surface area contributed by atoms with E-state index in [1.807, 2.05) is 48.2 Å². The molecule has 0 aliphatic carbocycles. The SMILES string of the molecule is Cc1nc(Sc2ccc(C(=O)O)cc2)ccc1CN1CCC(N2C(=O)N(C(=O)N(C)C)CC2c2ccccc2)CC1. The molecule has 10 heteroatoms. The normalized spacial score (nSPS) is 18.1. The van der Waals surface area contributed by atoms with Crippen LogP contribution >= 0.6 is 11.8 Å². The van der Waals surface area contributed by atoms with Crippen LogP contribution in [-0.4, -0.2) is 87.5 Å². The first-order chi connectivity index (χ1) is 19.7. The van der Waals surface area contributed by atoms with Crippen molar-refractivity contribution in [2.75, 3.05) is 33.7 Å². The van der Waals surface area contributed by atoms with Crippen molar-refractivity contribution in [2.24, 2.45) is 0 Å². The molecule has 3 aromatic rings. The molecule has 41 heavy (non-hydrogen) atoms. The number of aromatic carboxylic acids is 1. The zero-order chi connectivity index (χ0) is 29.1. The van der Waals surface area contributed by atoms with E-state index >= 15 is 0 Å². The highest BCUT2D eigenvalue weighted by atomic mass is 32.2. The third-order valence-corrected chi connectivity index (χ3v) is 8.72. The van der Waals surface area contributed by atoms with E-state index in [0.717, 1.165) is 59.2 Å². The van der Waals surface area contributed by atoms with Gasteiger partial charge in [0.2, 0.25) is 0 Å². The lowest BCUT2D eigenvalue weighted by Crippen LogP contribution is -2.48. The van der Waals surface area contributed by atoms with Gasteiger partial charge in [-0.05, 0) is 61.2 Å². The summed E-state index contributed by atoms with van der Waals surface area (Å²) < 4.78 is 0. The number of carbonyl (C=O) groups is 3. The predicted octanol–water partition coefficient (Wildman–Crippen LogP) is 5.36. The molecule has 2 aromatic carbocycles. The molecule has 1 N–H and O–H groups in total. The molecule has 9 nitrogen and oxygen atoms in total. The number of rotatable bonds is 7. The minimum Gasteiger partial charge on any atom is -0.478 e. The van der Waals surface area contributed by atoms with Gasteiger partial charge in [-0.2, -0.15) is 0 Å². The van der Waals surface area contributed by atoms with Gasteiger partial charge in [-0.15, -0.1) is 0 Å². The lowest BCUT2D eigenvalue weighted by atomic mass is 9.98. The molecule has 0 radical (unpaired) electrons. The number of benzene rings is 2. The third kappa shape index (κ3) is 6.39. The summed E-state index contributed by atoms with van der Waals surface area (Å²) in [6.45, 7) is 4.86. The number of carbonyl (C=O) groups excluding carboxylic acids is 2. The molecule has 0 spiro atoms. The van der Waals surface area contributed by atoms with Crippen molar-refractivity contribution in [1.29, 1.82) is 0 Å². The molecule has 2 fully saturated rings. The molecule has 3 heterocycles. The van der Waals surface area contributed by atoms with E-state index in [0.29, 0.717) is 6.54 Å². The number of likely N-dealkylation sites (tertiary alicyclic amines) is 1. The van der Waals surface area contributed by atoms with Gasteiger partial charge >= 0.3 is 18.0 Å². The third-order valence-electron chi connectivity index (χ3n) is 7.78. The van der Waals surface area contributed by atoms with Crippen molar-refractivity contribution >= 4 is 29.8 Å². The number of amides is 4. The monoisotopic (exact) mass is 573 g/mol. The number of aromatic nitrogens is 1. The van der Waals surface area contributed by atoms with E-state index in [9.17, 15) is 14.4 Å². The summed E-state index contributed by atoms with van der Waals surface area (Å²) in [5, 5.41) is 9.96. The zero-order valence-electron chi connectivity index (χ0n) is 23.6. The molecular formula is C31H35N5O4S. The second-order valence-corrected chi connectivity index (χ2v) is 11.8. The van der Waals surface area contributed by atoms with E-state index in [-0.39, 0.29) is 29.7 Å². The summed E-state index contributed by atoms with van der Waals surface area (Å²) in [4.78, 5) is 50.3. The Hall–Kier alpha value is -3.89. The van der Waals surface area contributed by atoms with Crippen LogP contribution in [0.25, 0.3) is 0 Å². The van der Waals surface area contributed by atoms with E-state index in [1.54, 1.807) is 38.4 Å². The van der Waals surface area contributed by atoms with Gasteiger partial charge in [0, 0.05) is 50.4 Å². The van der Waals surface area contributed by atoms with Gasteiger partial charge in [0.05, 0.1) is 18.2 Å². The first-order valence-corrected chi connectivity index (χ1v) is 14.6. The first kappa shape index (κ1) is 28.6. The van der Waals surface area contributed by atoms with E-state index in [2.05, 4.69) is 11.0 Å². The standard InChI is InChI=1S/C31H35N5O4S/c1-21-24(11-14-28(32-21)41-26-12-9-23(10-13-26)29(37)38)19-34-17-15-25(16-18-34)36-27(22-7-5-4-6-8-22)20-35(31(36)40)30(39)33(2)3/h4-14,25,27H,15-20H2,1-3H3,(H,37,38). The lowest BCUT2D eigenvalue weighted by molar-refractivity contribution is 0.0696. The Labute approximate surface area is 244 Å². The van der Waals surface area contributed by atoms with Gasteiger partial charge in [0.15, 0.2) is 0 Å². The Morgan fingerprint density at radius 1 is 1.00 bits per heavy atom. The summed E-state index contributed by atoms with van der Waals surface area (Å²) >= 11 is 1.51. The fourth-order valence-electron chi connectivity index (χ4n) is 5.54. The summed E-state index contributed by atoms with van der Waals surface area (Å²) in [6.07, 6.45) is 1.68. The fraction of sp³-hybridized carbons (Fsp3) is 0.355. The van der Waals surface area contributed by atoms with E-state index < -0.39 is 5.97 Å². The number of nitrogens with zero attached hydrogens (tertiary/aromatic N) is 5. The summed E-state index contributed by atoms with van der Waals surface area (Å²) in [5.74, 6) is -0.937. The number of piperidine rings is 1. The summed E-state index contributed by atoms with van der Waals surface area (Å²) in [7, 11) is 3.35. The van der Waals surface area contributed by atoms with E-state index in [4.69, 9.17) is 10.1 Å². The molecule has 0 bridgehead atoms. The number of carboxylic acids is 1. The van der Waals surface area contributed by atoms with Gasteiger partial charge in [-0.3, -0.25) is 4.90 Å². The topological polar surface area (TPSA) is 97.3 Å². The van der Waals surface area contributed by atoms with Crippen LogP contribution in [0.1, 0.15) is 46.1 Å². The van der Waals surface area contributed by atoms with Crippen molar-refractivity contribution in [2.45, 2.75) is 48.3 Å². The molecule has 1 unspecified atom stereocenters. The fourth-order valence-corrected chi connectivity index (χ4v) is 6.37. The molecule has 5 rings (SSSR count). The number of pyridine rings is 1. The molecule has 4 amide bonds. The van der Waals surface area contributed by atoms with Crippen LogP contribution in [-0.2, 0) is 6.54 Å². The Morgan fingerprint density at radius 2 is 1.68 bits per heavy atom. The highest BCUT2D eigenvalue weighted by Gasteiger charge is 2.45. The number of carboxylic acid groups (broad SMARTS) is 1. The van der Waals surface area contributed by atoms with Crippen LogP contribution in [0.5, 0.6) is 0 Å².